The fraction of sp³-hybridized carbons (Fsp3) is 0.182. The second-order valence-corrected chi connectivity index (χ2v) is 4.55. The average Bonchev–Trinajstić information content (AvgIpc) is 2.04. The van der Waals surface area contributed by atoms with Gasteiger partial charge in [0, 0.05) is 0 Å². The van der Waals surface area contributed by atoms with Crippen molar-refractivity contribution in [2.75, 3.05) is 0 Å². The number of carbonyl (C=O) groups is 1. The minimum Gasteiger partial charge on any atom is -0.295 e. The molecule has 0 aliphatic heterocycles. The lowest BCUT2D eigenvalue weighted by Crippen LogP contribution is -1.92. The van der Waals surface area contributed by atoms with Gasteiger partial charge in [0.2, 0.25) is 0 Å². The standard InChI is InChI=1S/C11H13OP/c1-9(12)8-10(2)13-11-6-4-3-5-7-11/h3-8,13H,1-2H3/b10-8+. The Morgan fingerprint density at radius 1 is 1.23 bits per heavy atom. The molecule has 1 atom stereocenters. The first kappa shape index (κ1) is 10.1. The third-order valence-corrected chi connectivity index (χ3v) is 2.70. The van der Waals surface area contributed by atoms with Crippen molar-refractivity contribution in [3.05, 3.63) is 41.7 Å². The molecule has 2 heteroatoms. The SMILES string of the molecule is CC(=O)/C=C(\C)Pc1ccccc1. The van der Waals surface area contributed by atoms with Crippen molar-refractivity contribution < 1.29 is 4.79 Å². The number of rotatable bonds is 3. The van der Waals surface area contributed by atoms with Gasteiger partial charge in [-0.3, -0.25) is 4.79 Å². The van der Waals surface area contributed by atoms with Crippen LogP contribution in [0.5, 0.6) is 0 Å². The molecule has 1 aromatic carbocycles. The van der Waals surface area contributed by atoms with Crippen LogP contribution in [0.25, 0.3) is 0 Å². The highest BCUT2D eigenvalue weighted by Gasteiger charge is 1.94. The van der Waals surface area contributed by atoms with Gasteiger partial charge < -0.3 is 0 Å². The zero-order valence-corrected chi connectivity index (χ0v) is 8.87. The summed E-state index contributed by atoms with van der Waals surface area (Å²) in [6, 6.07) is 10.2. The summed E-state index contributed by atoms with van der Waals surface area (Å²) in [5.41, 5.74) is 0. The first-order chi connectivity index (χ1) is 6.18. The zero-order chi connectivity index (χ0) is 9.68. The monoisotopic (exact) mass is 192 g/mol. The molecule has 13 heavy (non-hydrogen) atoms. The Hall–Kier alpha value is -0.940. The molecule has 0 aliphatic rings. The van der Waals surface area contributed by atoms with Crippen LogP contribution in [0.3, 0.4) is 0 Å². The van der Waals surface area contributed by atoms with Gasteiger partial charge in [-0.05, 0) is 30.5 Å². The van der Waals surface area contributed by atoms with Crippen LogP contribution < -0.4 is 5.30 Å². The van der Waals surface area contributed by atoms with Gasteiger partial charge in [0.05, 0.1) is 0 Å². The molecular weight excluding hydrogens is 179 g/mol. The second-order valence-electron chi connectivity index (χ2n) is 2.93. The molecule has 0 bridgehead atoms. The lowest BCUT2D eigenvalue weighted by Gasteiger charge is -2.00. The molecular formula is C11H13OP. The predicted octanol–water partition coefficient (Wildman–Crippen LogP) is 2.48. The molecule has 68 valence electrons. The molecule has 0 fully saturated rings. The van der Waals surface area contributed by atoms with Crippen LogP contribution in [0.4, 0.5) is 0 Å². The average molecular weight is 192 g/mol. The number of allylic oxidation sites excluding steroid dienone is 2. The van der Waals surface area contributed by atoms with Crippen molar-refractivity contribution in [2.45, 2.75) is 13.8 Å². The highest BCUT2D eigenvalue weighted by atomic mass is 31.1. The van der Waals surface area contributed by atoms with Crippen molar-refractivity contribution in [3.63, 3.8) is 0 Å². The predicted molar refractivity (Wildman–Crippen MR) is 58.8 cm³/mol. The van der Waals surface area contributed by atoms with E-state index in [9.17, 15) is 4.79 Å². The Labute approximate surface area is 80.6 Å². The summed E-state index contributed by atoms with van der Waals surface area (Å²) in [6.07, 6.45) is 1.70. The van der Waals surface area contributed by atoms with E-state index in [0.29, 0.717) is 8.58 Å². The van der Waals surface area contributed by atoms with E-state index in [2.05, 4.69) is 12.1 Å². The molecule has 1 nitrogen and oxygen atoms in total. The molecule has 0 heterocycles. The quantitative estimate of drug-likeness (QED) is 0.531. The van der Waals surface area contributed by atoms with Crippen LogP contribution in [0, 0.1) is 0 Å². The number of ketones is 1. The summed E-state index contributed by atoms with van der Waals surface area (Å²) in [7, 11) is 0.611. The Morgan fingerprint density at radius 3 is 2.38 bits per heavy atom. The van der Waals surface area contributed by atoms with E-state index in [-0.39, 0.29) is 5.78 Å². The van der Waals surface area contributed by atoms with Crippen LogP contribution in [-0.2, 0) is 4.79 Å². The molecule has 1 rings (SSSR count). The first-order valence-corrected chi connectivity index (χ1v) is 5.19. The molecule has 0 amide bonds. The van der Waals surface area contributed by atoms with Crippen molar-refractivity contribution >= 4 is 19.7 Å². The van der Waals surface area contributed by atoms with E-state index in [1.165, 1.54) is 5.30 Å². The minimum atomic E-state index is 0.126. The lowest BCUT2D eigenvalue weighted by molar-refractivity contribution is -0.112. The zero-order valence-electron chi connectivity index (χ0n) is 7.87. The van der Waals surface area contributed by atoms with E-state index < -0.39 is 0 Å². The van der Waals surface area contributed by atoms with Crippen LogP contribution in [0.15, 0.2) is 41.7 Å². The van der Waals surface area contributed by atoms with Crippen LogP contribution in [0.1, 0.15) is 13.8 Å². The Balaban J connectivity index is 2.65. The van der Waals surface area contributed by atoms with Gasteiger partial charge in [-0.25, -0.2) is 0 Å². The Morgan fingerprint density at radius 2 is 1.85 bits per heavy atom. The molecule has 1 aromatic rings. The number of hydrogen-bond acceptors (Lipinski definition) is 1. The molecule has 0 saturated carbocycles. The van der Waals surface area contributed by atoms with Crippen molar-refractivity contribution in [3.8, 4) is 0 Å². The minimum absolute atomic E-state index is 0.126. The van der Waals surface area contributed by atoms with E-state index in [0.717, 1.165) is 5.31 Å². The molecule has 0 saturated heterocycles. The van der Waals surface area contributed by atoms with Gasteiger partial charge in [0.25, 0.3) is 0 Å². The smallest absolute Gasteiger partial charge is 0.152 e. The van der Waals surface area contributed by atoms with Gasteiger partial charge in [0.1, 0.15) is 0 Å². The van der Waals surface area contributed by atoms with Crippen molar-refractivity contribution in [2.24, 2.45) is 0 Å². The van der Waals surface area contributed by atoms with Crippen LogP contribution in [0.2, 0.25) is 0 Å². The topological polar surface area (TPSA) is 17.1 Å². The lowest BCUT2D eigenvalue weighted by atomic mass is 10.4. The number of benzene rings is 1. The molecule has 0 aromatic heterocycles. The Kier molecular flexibility index (Phi) is 3.85. The third-order valence-electron chi connectivity index (χ3n) is 1.54. The summed E-state index contributed by atoms with van der Waals surface area (Å²) in [4.78, 5) is 10.8. The van der Waals surface area contributed by atoms with Crippen molar-refractivity contribution in [1.29, 1.82) is 0 Å². The maximum atomic E-state index is 10.8. The van der Waals surface area contributed by atoms with Gasteiger partial charge in [-0.15, -0.1) is 0 Å². The van der Waals surface area contributed by atoms with Crippen molar-refractivity contribution in [1.82, 2.24) is 0 Å². The van der Waals surface area contributed by atoms with Gasteiger partial charge in [-0.2, -0.15) is 0 Å². The number of hydrogen-bond donors (Lipinski definition) is 0. The molecule has 0 N–H and O–H groups in total. The summed E-state index contributed by atoms with van der Waals surface area (Å²) in [5.74, 6) is 0.126. The fourth-order valence-corrected chi connectivity index (χ4v) is 2.18. The van der Waals surface area contributed by atoms with E-state index in [1.807, 2.05) is 25.1 Å². The van der Waals surface area contributed by atoms with E-state index in [4.69, 9.17) is 0 Å². The first-order valence-electron chi connectivity index (χ1n) is 4.19. The maximum Gasteiger partial charge on any atom is 0.152 e. The highest BCUT2D eigenvalue weighted by Crippen LogP contribution is 2.21. The summed E-state index contributed by atoms with van der Waals surface area (Å²) in [5, 5.41) is 2.41. The van der Waals surface area contributed by atoms with Gasteiger partial charge in [0.15, 0.2) is 5.78 Å². The van der Waals surface area contributed by atoms with E-state index in [1.54, 1.807) is 13.0 Å². The van der Waals surface area contributed by atoms with E-state index >= 15 is 0 Å². The summed E-state index contributed by atoms with van der Waals surface area (Å²) >= 11 is 0. The van der Waals surface area contributed by atoms with Gasteiger partial charge >= 0.3 is 0 Å². The molecule has 0 radical (unpaired) electrons. The normalized spacial score (nSPS) is 12.3. The molecule has 1 unspecified atom stereocenters. The Bertz CT molecular complexity index is 314. The number of carbonyl (C=O) groups excluding carboxylic acids is 1. The molecule has 0 spiro atoms. The second kappa shape index (κ2) is 4.94. The molecule has 0 aliphatic carbocycles. The summed E-state index contributed by atoms with van der Waals surface area (Å²) in [6.45, 7) is 3.58. The van der Waals surface area contributed by atoms with Gasteiger partial charge in [-0.1, -0.05) is 38.9 Å². The fourth-order valence-electron chi connectivity index (χ4n) is 1.09. The maximum absolute atomic E-state index is 10.8. The van der Waals surface area contributed by atoms with Crippen LogP contribution in [-0.4, -0.2) is 5.78 Å². The van der Waals surface area contributed by atoms with Crippen LogP contribution >= 0.6 is 8.58 Å². The summed E-state index contributed by atoms with van der Waals surface area (Å²) < 4.78 is 0. The third kappa shape index (κ3) is 4.00. The largest absolute Gasteiger partial charge is 0.295 e. The highest BCUT2D eigenvalue weighted by molar-refractivity contribution is 7.51.